The maximum atomic E-state index is 11.5. The minimum atomic E-state index is -3.19. The first-order chi connectivity index (χ1) is 8.31. The van der Waals surface area contributed by atoms with Crippen molar-refractivity contribution >= 4 is 15.6 Å². The largest absolute Gasteiger partial charge is 0.370 e. The van der Waals surface area contributed by atoms with Gasteiger partial charge in [-0.15, -0.1) is 0 Å². The van der Waals surface area contributed by atoms with Gasteiger partial charge in [-0.1, -0.05) is 12.1 Å². The first-order valence-corrected chi connectivity index (χ1v) is 7.67. The topological polar surface area (TPSA) is 60.4 Å². The molecule has 1 heterocycles. The van der Waals surface area contributed by atoms with Gasteiger partial charge in [0.15, 0.2) is 9.84 Å². The van der Waals surface area contributed by atoms with Crippen LogP contribution in [-0.2, 0) is 25.0 Å². The van der Waals surface area contributed by atoms with Gasteiger partial charge in [0, 0.05) is 19.1 Å². The summed E-state index contributed by atoms with van der Waals surface area (Å²) in [7, 11) is -3.19. The number of rotatable bonds is 2. The summed E-state index contributed by atoms with van der Waals surface area (Å²) < 4.78 is 28.4. The Morgan fingerprint density at radius 1 is 1.22 bits per heavy atom. The Morgan fingerprint density at radius 2 is 1.83 bits per heavy atom. The van der Waals surface area contributed by atoms with Crippen molar-refractivity contribution in [3.63, 3.8) is 0 Å². The molecule has 2 rings (SSSR count). The highest BCUT2D eigenvalue weighted by molar-refractivity contribution is 7.90. The van der Waals surface area contributed by atoms with Crippen molar-refractivity contribution in [2.24, 2.45) is 0 Å². The van der Waals surface area contributed by atoms with Crippen molar-refractivity contribution in [3.8, 4) is 0 Å². The van der Waals surface area contributed by atoms with E-state index in [1.165, 1.54) is 6.26 Å². The van der Waals surface area contributed by atoms with Gasteiger partial charge in [0.25, 0.3) is 0 Å². The van der Waals surface area contributed by atoms with E-state index in [-0.39, 0.29) is 10.7 Å². The first kappa shape index (κ1) is 13.2. The molecule has 1 aromatic carbocycles. The van der Waals surface area contributed by atoms with E-state index < -0.39 is 15.4 Å². The van der Waals surface area contributed by atoms with E-state index in [0.29, 0.717) is 19.4 Å². The molecular formula is C13H16O4S. The molecule has 1 aliphatic rings. The molecule has 0 spiro atoms. The quantitative estimate of drug-likeness (QED) is 0.819. The van der Waals surface area contributed by atoms with Crippen molar-refractivity contribution in [1.29, 1.82) is 0 Å². The Morgan fingerprint density at radius 3 is 2.33 bits per heavy atom. The molecule has 1 saturated heterocycles. The predicted molar refractivity (Wildman–Crippen MR) is 67.1 cm³/mol. The number of hydrogen-bond donors (Lipinski definition) is 0. The summed E-state index contributed by atoms with van der Waals surface area (Å²) in [4.78, 5) is 11.8. The fraction of sp³-hybridized carbons (Fsp3) is 0.462. The van der Waals surface area contributed by atoms with Gasteiger partial charge in [-0.25, -0.2) is 8.42 Å². The summed E-state index contributed by atoms with van der Waals surface area (Å²) in [5, 5.41) is 0. The Hall–Kier alpha value is -1.20. The first-order valence-electron chi connectivity index (χ1n) is 5.77. The lowest BCUT2D eigenvalue weighted by Gasteiger charge is -2.33. The van der Waals surface area contributed by atoms with Crippen LogP contribution in [0.4, 0.5) is 0 Å². The number of benzene rings is 1. The number of sulfone groups is 1. The lowest BCUT2D eigenvalue weighted by Crippen LogP contribution is -2.34. The van der Waals surface area contributed by atoms with Crippen LogP contribution in [0.1, 0.15) is 25.3 Å². The summed E-state index contributed by atoms with van der Waals surface area (Å²) in [5.41, 5.74) is 0.203. The number of ether oxygens (including phenoxy) is 1. The molecule has 0 N–H and O–H groups in total. The zero-order valence-electron chi connectivity index (χ0n) is 10.5. The molecule has 1 fully saturated rings. The molecule has 1 aliphatic heterocycles. The molecular weight excluding hydrogens is 252 g/mol. The average Bonchev–Trinajstić information content (AvgIpc) is 2.28. The van der Waals surface area contributed by atoms with Gasteiger partial charge in [0.2, 0.25) is 0 Å². The molecule has 1 aromatic rings. The average molecular weight is 268 g/mol. The summed E-state index contributed by atoms with van der Waals surface area (Å²) in [6.45, 7) is 2.28. The molecule has 0 aliphatic carbocycles. The van der Waals surface area contributed by atoms with E-state index in [1.807, 2.05) is 6.92 Å². The van der Waals surface area contributed by atoms with Gasteiger partial charge in [0.1, 0.15) is 5.78 Å². The lowest BCUT2D eigenvalue weighted by atomic mass is 9.88. The molecule has 5 heteroatoms. The van der Waals surface area contributed by atoms with Crippen LogP contribution in [-0.4, -0.2) is 27.1 Å². The minimum Gasteiger partial charge on any atom is -0.370 e. The summed E-state index contributed by atoms with van der Waals surface area (Å²) in [5.74, 6) is 0.177. The monoisotopic (exact) mass is 268 g/mol. The fourth-order valence-corrected chi connectivity index (χ4v) is 2.78. The molecule has 0 bridgehead atoms. The highest BCUT2D eigenvalue weighted by Crippen LogP contribution is 2.33. The van der Waals surface area contributed by atoms with Gasteiger partial charge in [0.05, 0.1) is 17.1 Å². The van der Waals surface area contributed by atoms with Crippen LogP contribution in [0.2, 0.25) is 0 Å². The number of Topliss-reactive ketones (excluding diaryl/α,β-unsaturated/α-hetero) is 1. The highest BCUT2D eigenvalue weighted by atomic mass is 32.2. The van der Waals surface area contributed by atoms with Crippen molar-refractivity contribution in [2.75, 3.05) is 12.9 Å². The van der Waals surface area contributed by atoms with E-state index in [9.17, 15) is 13.2 Å². The molecule has 18 heavy (non-hydrogen) atoms. The van der Waals surface area contributed by atoms with Gasteiger partial charge in [-0.3, -0.25) is 4.79 Å². The van der Waals surface area contributed by atoms with E-state index in [2.05, 4.69) is 0 Å². The second-order valence-electron chi connectivity index (χ2n) is 4.84. The maximum Gasteiger partial charge on any atom is 0.175 e. The summed E-state index contributed by atoms with van der Waals surface area (Å²) >= 11 is 0. The van der Waals surface area contributed by atoms with Gasteiger partial charge < -0.3 is 4.74 Å². The van der Waals surface area contributed by atoms with E-state index in [4.69, 9.17) is 4.74 Å². The van der Waals surface area contributed by atoms with Crippen molar-refractivity contribution in [2.45, 2.75) is 30.3 Å². The van der Waals surface area contributed by atoms with Crippen LogP contribution >= 0.6 is 0 Å². The third-order valence-electron chi connectivity index (χ3n) is 3.23. The Bertz CT molecular complexity index is 559. The fourth-order valence-electron chi connectivity index (χ4n) is 2.15. The standard InChI is InChI=1S/C13H16O4S/c1-13(9-11(14)7-8-17-13)10-3-5-12(6-4-10)18(2,15)16/h3-6H,7-9H2,1-2H3. The Kier molecular flexibility index (Phi) is 3.29. The number of hydrogen-bond acceptors (Lipinski definition) is 4. The van der Waals surface area contributed by atoms with E-state index in [1.54, 1.807) is 24.3 Å². The molecule has 1 unspecified atom stereocenters. The van der Waals surface area contributed by atoms with Crippen LogP contribution in [0.15, 0.2) is 29.2 Å². The third-order valence-corrected chi connectivity index (χ3v) is 4.36. The number of ketones is 1. The van der Waals surface area contributed by atoms with Gasteiger partial charge in [-0.2, -0.15) is 0 Å². The molecule has 0 amide bonds. The number of carbonyl (C=O) groups is 1. The zero-order chi connectivity index (χ0) is 13.4. The summed E-state index contributed by atoms with van der Waals surface area (Å²) in [6, 6.07) is 6.54. The molecule has 0 aromatic heterocycles. The highest BCUT2D eigenvalue weighted by Gasteiger charge is 2.34. The van der Waals surface area contributed by atoms with E-state index >= 15 is 0 Å². The second-order valence-corrected chi connectivity index (χ2v) is 6.86. The van der Waals surface area contributed by atoms with Crippen LogP contribution < -0.4 is 0 Å². The van der Waals surface area contributed by atoms with Crippen LogP contribution in [0.25, 0.3) is 0 Å². The molecule has 0 radical (unpaired) electrons. The molecule has 1 atom stereocenters. The minimum absolute atomic E-state index is 0.177. The van der Waals surface area contributed by atoms with Crippen molar-refractivity contribution < 1.29 is 17.9 Å². The normalized spacial score (nSPS) is 25.1. The predicted octanol–water partition coefficient (Wildman–Crippen LogP) is 1.68. The Balaban J connectivity index is 2.32. The van der Waals surface area contributed by atoms with Crippen molar-refractivity contribution in [3.05, 3.63) is 29.8 Å². The van der Waals surface area contributed by atoms with Crippen LogP contribution in [0.3, 0.4) is 0 Å². The van der Waals surface area contributed by atoms with Crippen LogP contribution in [0.5, 0.6) is 0 Å². The van der Waals surface area contributed by atoms with Crippen molar-refractivity contribution in [1.82, 2.24) is 0 Å². The summed E-state index contributed by atoms with van der Waals surface area (Å²) in [6.07, 6.45) is 1.96. The number of carbonyl (C=O) groups excluding carboxylic acids is 1. The Labute approximate surface area is 107 Å². The molecule has 0 saturated carbocycles. The lowest BCUT2D eigenvalue weighted by molar-refractivity contribution is -0.138. The smallest absolute Gasteiger partial charge is 0.175 e. The van der Waals surface area contributed by atoms with E-state index in [0.717, 1.165) is 5.56 Å². The molecule has 98 valence electrons. The SMILES string of the molecule is CC1(c2ccc(S(C)(=O)=O)cc2)CC(=O)CCO1. The molecule has 4 nitrogen and oxygen atoms in total. The van der Waals surface area contributed by atoms with Crippen LogP contribution in [0, 0.1) is 0 Å². The maximum absolute atomic E-state index is 11.5. The zero-order valence-corrected chi connectivity index (χ0v) is 11.3. The van der Waals surface area contributed by atoms with Gasteiger partial charge in [-0.05, 0) is 24.6 Å². The van der Waals surface area contributed by atoms with Gasteiger partial charge >= 0.3 is 0 Å². The third kappa shape index (κ3) is 2.62. The second kappa shape index (κ2) is 4.48.